The van der Waals surface area contributed by atoms with Gasteiger partial charge in [-0.2, -0.15) is 0 Å². The number of fused-ring (bicyclic) bond motifs is 1. The average Bonchev–Trinajstić information content (AvgIpc) is 3.49. The van der Waals surface area contributed by atoms with Crippen molar-refractivity contribution in [2.24, 2.45) is 5.16 Å². The first-order valence-corrected chi connectivity index (χ1v) is 11.6. The van der Waals surface area contributed by atoms with E-state index in [1.807, 2.05) is 30.3 Å². The summed E-state index contributed by atoms with van der Waals surface area (Å²) in [7, 11) is 0. The number of nitrogens with zero attached hydrogens (tertiary/aromatic N) is 3. The highest BCUT2D eigenvalue weighted by Crippen LogP contribution is 2.37. The molecule has 1 aromatic carbocycles. The molecule has 1 amide bonds. The maximum Gasteiger partial charge on any atom is 0.287 e. The predicted octanol–water partition coefficient (Wildman–Crippen LogP) is 4.35. The van der Waals surface area contributed by atoms with Crippen LogP contribution in [0.15, 0.2) is 58.4 Å². The van der Waals surface area contributed by atoms with E-state index >= 15 is 0 Å². The van der Waals surface area contributed by atoms with Gasteiger partial charge in [-0.05, 0) is 74.2 Å². The molecule has 7 heteroatoms. The molecule has 33 heavy (non-hydrogen) atoms. The van der Waals surface area contributed by atoms with Gasteiger partial charge in [0.05, 0.1) is 5.71 Å². The Balaban J connectivity index is 1.41. The first-order valence-electron chi connectivity index (χ1n) is 11.6. The first kappa shape index (κ1) is 21.4. The summed E-state index contributed by atoms with van der Waals surface area (Å²) in [6, 6.07) is 11.6. The fourth-order valence-electron chi connectivity index (χ4n) is 4.78. The van der Waals surface area contributed by atoms with E-state index in [1.54, 1.807) is 12.4 Å². The van der Waals surface area contributed by atoms with E-state index in [0.29, 0.717) is 23.8 Å². The average molecular weight is 445 g/mol. The Bertz CT molecular complexity index is 1160. The van der Waals surface area contributed by atoms with E-state index in [9.17, 15) is 10.0 Å². The molecule has 0 spiro atoms. The minimum absolute atomic E-state index is 0.204. The van der Waals surface area contributed by atoms with Crippen molar-refractivity contribution in [3.63, 3.8) is 0 Å². The summed E-state index contributed by atoms with van der Waals surface area (Å²) in [5.74, 6) is 0.748. The van der Waals surface area contributed by atoms with Gasteiger partial charge in [-0.25, -0.2) is 0 Å². The predicted molar refractivity (Wildman–Crippen MR) is 127 cm³/mol. The largest absolute Gasteiger partial charge is 0.450 e. The minimum Gasteiger partial charge on any atom is -0.450 e. The zero-order chi connectivity index (χ0) is 22.6. The Kier molecular flexibility index (Phi) is 6.21. The van der Waals surface area contributed by atoms with Gasteiger partial charge in [0.25, 0.3) is 5.91 Å². The number of piperidine rings is 1. The number of carbonyl (C=O) groups is 1. The Labute approximate surface area is 193 Å². The molecular weight excluding hydrogens is 416 g/mol. The molecule has 3 heterocycles. The molecule has 1 fully saturated rings. The van der Waals surface area contributed by atoms with E-state index in [-0.39, 0.29) is 5.91 Å². The summed E-state index contributed by atoms with van der Waals surface area (Å²) in [5.41, 5.74) is 5.48. The fourth-order valence-corrected chi connectivity index (χ4v) is 4.78. The lowest BCUT2D eigenvalue weighted by Gasteiger charge is -2.26. The molecule has 3 aromatic rings. The fraction of sp³-hybridized carbons (Fsp3) is 0.346. The van der Waals surface area contributed by atoms with Gasteiger partial charge in [0.1, 0.15) is 5.76 Å². The summed E-state index contributed by atoms with van der Waals surface area (Å²) in [4.78, 5) is 19.4. The molecule has 7 nitrogen and oxygen atoms in total. The Morgan fingerprint density at radius 3 is 2.64 bits per heavy atom. The Morgan fingerprint density at radius 2 is 1.85 bits per heavy atom. The molecule has 2 aromatic heterocycles. The molecule has 0 radical (unpaired) electrons. The third-order valence-corrected chi connectivity index (χ3v) is 6.54. The number of carbonyl (C=O) groups excluding carboxylic acids is 1. The number of oxime groups is 1. The van der Waals surface area contributed by atoms with E-state index in [4.69, 9.17) is 4.42 Å². The van der Waals surface area contributed by atoms with Crippen LogP contribution in [0.4, 0.5) is 0 Å². The van der Waals surface area contributed by atoms with Gasteiger partial charge in [-0.15, -0.1) is 0 Å². The van der Waals surface area contributed by atoms with Crippen LogP contribution in [0.25, 0.3) is 22.5 Å². The lowest BCUT2D eigenvalue weighted by Crippen LogP contribution is -2.37. The smallest absolute Gasteiger partial charge is 0.287 e. The standard InChI is InChI=1S/C26H28N4O3/c31-26(28-12-15-30-13-2-1-3-14-30)24-17-22(18-8-10-27-11-9-18)25(33-24)20-4-6-21-19(16-20)5-7-23(21)29-32/h4,6,8-11,16-17,32H,1-3,5,7,12-15H2,(H,28,31)/b29-23+. The summed E-state index contributed by atoms with van der Waals surface area (Å²) < 4.78 is 6.15. The Hall–Kier alpha value is -3.45. The van der Waals surface area contributed by atoms with Crippen molar-refractivity contribution in [3.8, 4) is 22.5 Å². The number of benzene rings is 1. The van der Waals surface area contributed by atoms with Crippen LogP contribution in [0.1, 0.15) is 47.4 Å². The normalized spacial score (nSPS) is 17.3. The molecule has 0 unspecified atom stereocenters. The highest BCUT2D eigenvalue weighted by Gasteiger charge is 2.23. The zero-order valence-corrected chi connectivity index (χ0v) is 18.6. The van der Waals surface area contributed by atoms with Crippen molar-refractivity contribution in [1.29, 1.82) is 0 Å². The van der Waals surface area contributed by atoms with Crippen molar-refractivity contribution in [2.75, 3.05) is 26.2 Å². The van der Waals surface area contributed by atoms with Gasteiger partial charge >= 0.3 is 0 Å². The minimum atomic E-state index is -0.204. The van der Waals surface area contributed by atoms with Crippen LogP contribution < -0.4 is 5.32 Å². The second-order valence-corrected chi connectivity index (χ2v) is 8.67. The number of aryl methyl sites for hydroxylation is 1. The molecular formula is C26H28N4O3. The second-order valence-electron chi connectivity index (χ2n) is 8.67. The number of nitrogens with one attached hydrogen (secondary N) is 1. The molecule has 1 saturated heterocycles. The molecule has 1 aliphatic heterocycles. The van der Waals surface area contributed by atoms with Gasteiger partial charge in [0.2, 0.25) is 0 Å². The maximum atomic E-state index is 12.9. The Morgan fingerprint density at radius 1 is 1.03 bits per heavy atom. The van der Waals surface area contributed by atoms with Crippen molar-refractivity contribution in [3.05, 3.63) is 65.7 Å². The highest BCUT2D eigenvalue weighted by atomic mass is 16.4. The number of furan rings is 1. The van der Waals surface area contributed by atoms with Crippen molar-refractivity contribution >= 4 is 11.6 Å². The monoisotopic (exact) mass is 444 g/mol. The molecule has 0 saturated carbocycles. The van der Waals surface area contributed by atoms with Gasteiger partial charge in [0.15, 0.2) is 5.76 Å². The summed E-state index contributed by atoms with van der Waals surface area (Å²) in [6.45, 7) is 3.67. The second kappa shape index (κ2) is 9.58. The number of hydrogen-bond acceptors (Lipinski definition) is 6. The number of amides is 1. The molecule has 2 aliphatic rings. The highest BCUT2D eigenvalue weighted by molar-refractivity contribution is 6.04. The van der Waals surface area contributed by atoms with Gasteiger partial charge in [-0.1, -0.05) is 23.7 Å². The van der Waals surface area contributed by atoms with Crippen LogP contribution in [-0.2, 0) is 6.42 Å². The van der Waals surface area contributed by atoms with Crippen molar-refractivity contribution in [1.82, 2.24) is 15.2 Å². The molecule has 170 valence electrons. The summed E-state index contributed by atoms with van der Waals surface area (Å²) in [6.07, 6.45) is 8.77. The van der Waals surface area contributed by atoms with Gasteiger partial charge in [0, 0.05) is 42.2 Å². The lowest BCUT2D eigenvalue weighted by atomic mass is 9.99. The third-order valence-electron chi connectivity index (χ3n) is 6.54. The number of rotatable bonds is 6. The van der Waals surface area contributed by atoms with Crippen LogP contribution in [0, 0.1) is 0 Å². The van der Waals surface area contributed by atoms with E-state index in [1.165, 1.54) is 19.3 Å². The quantitative estimate of drug-likeness (QED) is 0.436. The number of hydrogen-bond donors (Lipinski definition) is 2. The molecule has 1 aliphatic carbocycles. The van der Waals surface area contributed by atoms with E-state index < -0.39 is 0 Å². The summed E-state index contributed by atoms with van der Waals surface area (Å²) in [5, 5.41) is 15.7. The van der Waals surface area contributed by atoms with Crippen LogP contribution in [0.3, 0.4) is 0 Å². The molecule has 0 atom stereocenters. The molecule has 5 rings (SSSR count). The van der Waals surface area contributed by atoms with Crippen LogP contribution >= 0.6 is 0 Å². The van der Waals surface area contributed by atoms with Crippen molar-refractivity contribution in [2.45, 2.75) is 32.1 Å². The van der Waals surface area contributed by atoms with Gasteiger partial charge < -0.3 is 19.8 Å². The summed E-state index contributed by atoms with van der Waals surface area (Å²) >= 11 is 0. The van der Waals surface area contributed by atoms with Crippen molar-refractivity contribution < 1.29 is 14.4 Å². The lowest BCUT2D eigenvalue weighted by molar-refractivity contribution is 0.0919. The van der Waals surface area contributed by atoms with Crippen LogP contribution in [0.5, 0.6) is 0 Å². The van der Waals surface area contributed by atoms with E-state index in [0.717, 1.165) is 60.3 Å². The number of aromatic nitrogens is 1. The topological polar surface area (TPSA) is 91.0 Å². The maximum absolute atomic E-state index is 12.9. The van der Waals surface area contributed by atoms with E-state index in [2.05, 4.69) is 26.4 Å². The molecule has 0 bridgehead atoms. The first-order chi connectivity index (χ1) is 16.2. The zero-order valence-electron chi connectivity index (χ0n) is 18.6. The number of pyridine rings is 1. The SMILES string of the molecule is O=C(NCCN1CCCCC1)c1cc(-c2ccncc2)c(-c2ccc3c(c2)CC/C3=N\O)o1. The van der Waals surface area contributed by atoms with Crippen LogP contribution in [0.2, 0.25) is 0 Å². The van der Waals surface area contributed by atoms with Gasteiger partial charge in [-0.3, -0.25) is 9.78 Å². The third kappa shape index (κ3) is 4.54. The molecule has 2 N–H and O–H groups in total. The number of likely N-dealkylation sites (tertiary alicyclic amines) is 1. The van der Waals surface area contributed by atoms with Crippen LogP contribution in [-0.4, -0.2) is 52.9 Å².